The highest BCUT2D eigenvalue weighted by atomic mass is 16.3. The molecule has 3 N–H and O–H groups in total. The largest absolute Gasteiger partial charge is 0.380 e. The van der Waals surface area contributed by atoms with Crippen LogP contribution in [0.4, 0.5) is 0 Å². The van der Waals surface area contributed by atoms with Crippen molar-refractivity contribution >= 4 is 12.3 Å². The van der Waals surface area contributed by atoms with E-state index in [2.05, 4.69) is 22.9 Å². The monoisotopic (exact) mass is 392 g/mol. The summed E-state index contributed by atoms with van der Waals surface area (Å²) in [5.41, 5.74) is 10.4. The van der Waals surface area contributed by atoms with Crippen LogP contribution in [0.5, 0.6) is 0 Å². The Kier molecular flexibility index (Phi) is 4.89. The summed E-state index contributed by atoms with van der Waals surface area (Å²) in [6.45, 7) is 0.444. The smallest absolute Gasteiger partial charge is 0.284 e. The highest BCUT2D eigenvalue weighted by Crippen LogP contribution is 2.55. The maximum atomic E-state index is 11.8. The van der Waals surface area contributed by atoms with E-state index in [-0.39, 0.29) is 5.82 Å². The van der Waals surface area contributed by atoms with Crippen molar-refractivity contribution in [2.75, 3.05) is 13.6 Å². The lowest BCUT2D eigenvalue weighted by molar-refractivity contribution is -0.117. The first-order chi connectivity index (χ1) is 13.9. The topological polar surface area (TPSA) is 101 Å². The lowest BCUT2D eigenvalue weighted by Crippen LogP contribution is -2.23. The fourth-order valence-electron chi connectivity index (χ4n) is 4.30. The first-order valence-corrected chi connectivity index (χ1v) is 9.75. The van der Waals surface area contributed by atoms with Crippen LogP contribution in [0.15, 0.2) is 18.2 Å². The van der Waals surface area contributed by atoms with E-state index in [9.17, 15) is 14.7 Å². The molecule has 2 amide bonds. The Morgan fingerprint density at radius 3 is 2.90 bits per heavy atom. The third-order valence-corrected chi connectivity index (χ3v) is 5.95. The molecular formula is C22H24N4O3. The summed E-state index contributed by atoms with van der Waals surface area (Å²) in [5, 5.41) is 10.1. The molecule has 1 unspecified atom stereocenters. The van der Waals surface area contributed by atoms with Crippen LogP contribution in [0.2, 0.25) is 0 Å². The summed E-state index contributed by atoms with van der Waals surface area (Å²) < 4.78 is 1.83. The summed E-state index contributed by atoms with van der Waals surface area (Å²) in [6.07, 6.45) is 2.40. The molecule has 0 saturated heterocycles. The normalized spacial score (nSPS) is 19.6. The fraction of sp³-hybridized carbons (Fsp3) is 0.409. The Balaban J connectivity index is 1.67. The minimum atomic E-state index is -0.809. The summed E-state index contributed by atoms with van der Waals surface area (Å²) in [7, 11) is 3.51. The zero-order valence-corrected chi connectivity index (χ0v) is 16.6. The number of carbonyl (C=O) groups is 2. The number of benzene rings is 1. The van der Waals surface area contributed by atoms with Crippen molar-refractivity contribution in [3.63, 3.8) is 0 Å². The molecule has 0 radical (unpaired) electrons. The average molecular weight is 392 g/mol. The molecule has 29 heavy (non-hydrogen) atoms. The summed E-state index contributed by atoms with van der Waals surface area (Å²) in [5.74, 6) is 6.50. The van der Waals surface area contributed by atoms with E-state index >= 15 is 0 Å². The van der Waals surface area contributed by atoms with Crippen molar-refractivity contribution in [3.05, 3.63) is 40.8 Å². The number of amides is 2. The zero-order valence-electron chi connectivity index (χ0n) is 16.6. The van der Waals surface area contributed by atoms with E-state index in [0.29, 0.717) is 24.8 Å². The summed E-state index contributed by atoms with van der Waals surface area (Å²) in [4.78, 5) is 28.5. The third-order valence-electron chi connectivity index (χ3n) is 5.95. The highest BCUT2D eigenvalue weighted by Gasteiger charge is 2.41. The van der Waals surface area contributed by atoms with Gasteiger partial charge in [-0.15, -0.1) is 0 Å². The molecular weight excluding hydrogens is 368 g/mol. The van der Waals surface area contributed by atoms with Gasteiger partial charge in [-0.1, -0.05) is 17.9 Å². The lowest BCUT2D eigenvalue weighted by Gasteiger charge is -2.34. The predicted octanol–water partition coefficient (Wildman–Crippen LogP) is 1.35. The Morgan fingerprint density at radius 1 is 1.45 bits per heavy atom. The van der Waals surface area contributed by atoms with Crippen LogP contribution < -0.4 is 5.73 Å². The molecule has 0 spiro atoms. The van der Waals surface area contributed by atoms with E-state index in [1.807, 2.05) is 23.7 Å². The van der Waals surface area contributed by atoms with Gasteiger partial charge in [0.25, 0.3) is 5.91 Å². The average Bonchev–Trinajstić information content (AvgIpc) is 2.87. The number of nitrogens with zero attached hydrogens (tertiary/aromatic N) is 3. The van der Waals surface area contributed by atoms with Gasteiger partial charge >= 0.3 is 0 Å². The van der Waals surface area contributed by atoms with Gasteiger partial charge in [0.15, 0.2) is 5.82 Å². The fourth-order valence-corrected chi connectivity index (χ4v) is 4.30. The van der Waals surface area contributed by atoms with Crippen LogP contribution in [0.25, 0.3) is 11.3 Å². The third kappa shape index (κ3) is 3.40. The number of rotatable bonds is 5. The van der Waals surface area contributed by atoms with E-state index in [1.54, 1.807) is 7.05 Å². The summed E-state index contributed by atoms with van der Waals surface area (Å²) >= 11 is 0. The zero-order chi connectivity index (χ0) is 20.7. The van der Waals surface area contributed by atoms with Gasteiger partial charge < -0.3 is 20.3 Å². The first kappa shape index (κ1) is 19.2. The van der Waals surface area contributed by atoms with Crippen LogP contribution in [-0.2, 0) is 11.8 Å². The molecule has 7 heteroatoms. The van der Waals surface area contributed by atoms with Crippen LogP contribution in [0.3, 0.4) is 0 Å². The molecule has 0 aliphatic heterocycles. The number of aliphatic hydroxyl groups is 1. The quantitative estimate of drug-likeness (QED) is 0.592. The highest BCUT2D eigenvalue weighted by molar-refractivity contribution is 5.91. The Labute approximate surface area is 169 Å². The molecule has 5 rings (SSSR count). The van der Waals surface area contributed by atoms with Gasteiger partial charge in [-0.05, 0) is 36.5 Å². The minimum Gasteiger partial charge on any atom is -0.380 e. The molecule has 2 bridgehead atoms. The van der Waals surface area contributed by atoms with Gasteiger partial charge in [-0.2, -0.15) is 0 Å². The summed E-state index contributed by atoms with van der Waals surface area (Å²) in [6, 6.07) is 6.04. The van der Waals surface area contributed by atoms with Crippen molar-refractivity contribution in [3.8, 4) is 23.1 Å². The lowest BCUT2D eigenvalue weighted by atomic mass is 9.71. The van der Waals surface area contributed by atoms with Crippen molar-refractivity contribution in [1.82, 2.24) is 14.5 Å². The second-order valence-corrected chi connectivity index (χ2v) is 7.92. The maximum Gasteiger partial charge on any atom is 0.284 e. The molecule has 3 aliphatic carbocycles. The van der Waals surface area contributed by atoms with E-state index in [4.69, 9.17) is 5.73 Å². The van der Waals surface area contributed by atoms with Crippen LogP contribution in [0.1, 0.15) is 58.5 Å². The number of aliphatic hydroxyl groups excluding tert-OH is 1. The van der Waals surface area contributed by atoms with Crippen molar-refractivity contribution in [2.24, 2.45) is 12.8 Å². The molecule has 1 aromatic carbocycles. The van der Waals surface area contributed by atoms with Gasteiger partial charge in [-0.3, -0.25) is 9.59 Å². The molecule has 150 valence electrons. The van der Waals surface area contributed by atoms with Crippen molar-refractivity contribution < 1.29 is 14.7 Å². The van der Waals surface area contributed by atoms with Crippen molar-refractivity contribution in [2.45, 2.75) is 37.2 Å². The molecule has 3 aliphatic rings. The van der Waals surface area contributed by atoms with Gasteiger partial charge in [-0.25, -0.2) is 4.98 Å². The van der Waals surface area contributed by atoms with Gasteiger partial charge in [0, 0.05) is 49.8 Å². The van der Waals surface area contributed by atoms with Crippen LogP contribution in [-0.4, -0.2) is 51.6 Å². The molecule has 1 fully saturated rings. The maximum absolute atomic E-state index is 11.8. The predicted molar refractivity (Wildman–Crippen MR) is 108 cm³/mol. The standard InChI is InChI=1S/C22H24N4O3/c1-25(12-27)8-7-16(28)5-3-13-4-6-17-14-10-15(11-14)20-19(18(17)9-13)24-22(21(23)29)26(20)2/h4,6,9,12,14-16,28H,7-8,10-11H2,1-2H3,(H2,23,29). The second-order valence-electron chi connectivity index (χ2n) is 7.92. The van der Waals surface area contributed by atoms with Gasteiger partial charge in [0.1, 0.15) is 6.10 Å². The first-order valence-electron chi connectivity index (χ1n) is 9.75. The molecule has 1 saturated carbocycles. The van der Waals surface area contributed by atoms with Crippen molar-refractivity contribution in [1.29, 1.82) is 0 Å². The SMILES string of the molecule is CN(C=O)CCC(O)C#Cc1ccc2c(c1)-c1nc(C(N)=O)n(C)c1C1CC2C1. The Hall–Kier alpha value is -3.11. The molecule has 2 aromatic rings. The molecule has 1 heterocycles. The van der Waals surface area contributed by atoms with E-state index in [1.165, 1.54) is 10.5 Å². The number of carbonyl (C=O) groups excluding carboxylic acids is 2. The van der Waals surface area contributed by atoms with Crippen LogP contribution >= 0.6 is 0 Å². The number of nitrogens with two attached hydrogens (primary N) is 1. The molecule has 1 aromatic heterocycles. The van der Waals surface area contributed by atoms with Crippen LogP contribution in [0, 0.1) is 11.8 Å². The minimum absolute atomic E-state index is 0.275. The van der Waals surface area contributed by atoms with Gasteiger partial charge in [0.05, 0.1) is 5.69 Å². The van der Waals surface area contributed by atoms with E-state index < -0.39 is 12.0 Å². The Morgan fingerprint density at radius 2 is 2.21 bits per heavy atom. The second kappa shape index (κ2) is 7.37. The van der Waals surface area contributed by atoms with Gasteiger partial charge in [0.2, 0.25) is 6.41 Å². The Bertz CT molecular complexity index is 1040. The number of aromatic nitrogens is 2. The molecule has 1 atom stereocenters. The number of imidazole rings is 1. The number of hydrogen-bond acceptors (Lipinski definition) is 4. The number of hydrogen-bond donors (Lipinski definition) is 2. The molecule has 7 nitrogen and oxygen atoms in total. The number of primary amides is 1. The van der Waals surface area contributed by atoms with E-state index in [0.717, 1.165) is 41.8 Å².